The molecule has 0 atom stereocenters. The molecule has 1 aromatic rings. The van der Waals surface area contributed by atoms with Crippen LogP contribution in [0.1, 0.15) is 5.56 Å². The molecule has 1 aromatic carbocycles. The molecule has 54 valence electrons. The number of benzene rings is 1. The second-order valence-corrected chi connectivity index (χ2v) is 2.14. The van der Waals surface area contributed by atoms with E-state index >= 15 is 0 Å². The zero-order valence-electron chi connectivity index (χ0n) is 5.47. The van der Waals surface area contributed by atoms with Gasteiger partial charge in [0.25, 0.3) is 0 Å². The van der Waals surface area contributed by atoms with Crippen molar-refractivity contribution in [1.82, 2.24) is 0 Å². The minimum Gasteiger partial charge on any atom is -0.399 e. The third-order valence-electron chi connectivity index (χ3n) is 1.19. The van der Waals surface area contributed by atoms with Gasteiger partial charge in [0, 0.05) is 11.4 Å². The molecule has 2 nitrogen and oxygen atoms in total. The number of halogens is 1. The maximum absolute atomic E-state index is 12.0. The normalized spacial score (nSPS) is 9.70. The number of nitrogen functional groups attached to an aromatic ring is 2. The zero-order chi connectivity index (χ0) is 7.56. The average Bonchev–Trinajstić information content (AvgIpc) is 1.85. The number of nitrogens with two attached hydrogens (primary N) is 2. The quantitative estimate of drug-likeness (QED) is 0.578. The van der Waals surface area contributed by atoms with Gasteiger partial charge in [-0.1, -0.05) is 0 Å². The Morgan fingerprint density at radius 1 is 1.10 bits per heavy atom. The van der Waals surface area contributed by atoms with Crippen LogP contribution in [0.2, 0.25) is 0 Å². The van der Waals surface area contributed by atoms with Gasteiger partial charge < -0.3 is 11.5 Å². The highest BCUT2D eigenvalue weighted by atomic mass is 19.1. The van der Waals surface area contributed by atoms with Crippen LogP contribution in [-0.4, -0.2) is 0 Å². The van der Waals surface area contributed by atoms with Crippen LogP contribution in [0.15, 0.2) is 18.2 Å². The fraction of sp³-hybridized carbons (Fsp3) is 0.143. The summed E-state index contributed by atoms with van der Waals surface area (Å²) in [5.41, 5.74) is 12.3. The average molecular weight is 140 g/mol. The predicted molar refractivity (Wildman–Crippen MR) is 40.1 cm³/mol. The van der Waals surface area contributed by atoms with Crippen molar-refractivity contribution < 1.29 is 4.39 Å². The standard InChI is InChI=1S/C7H9FN2/c8-4-5-1-6(9)3-7(10)2-5/h1-3H,4,9-10H2. The van der Waals surface area contributed by atoms with E-state index in [1.165, 1.54) is 0 Å². The van der Waals surface area contributed by atoms with Crippen molar-refractivity contribution in [3.05, 3.63) is 23.8 Å². The van der Waals surface area contributed by atoms with E-state index in [9.17, 15) is 4.39 Å². The third-order valence-corrected chi connectivity index (χ3v) is 1.19. The van der Waals surface area contributed by atoms with Gasteiger partial charge in [-0.25, -0.2) is 4.39 Å². The first-order valence-corrected chi connectivity index (χ1v) is 2.93. The van der Waals surface area contributed by atoms with Gasteiger partial charge in [-0.15, -0.1) is 0 Å². The maximum Gasteiger partial charge on any atom is 0.115 e. The van der Waals surface area contributed by atoms with Gasteiger partial charge in [-0.3, -0.25) is 0 Å². The molecule has 0 amide bonds. The van der Waals surface area contributed by atoms with Crippen LogP contribution in [0.5, 0.6) is 0 Å². The Labute approximate surface area is 58.6 Å². The smallest absolute Gasteiger partial charge is 0.115 e. The van der Waals surface area contributed by atoms with Crippen molar-refractivity contribution in [1.29, 1.82) is 0 Å². The number of hydrogen-bond donors (Lipinski definition) is 2. The number of alkyl halides is 1. The van der Waals surface area contributed by atoms with Crippen LogP contribution in [-0.2, 0) is 6.67 Å². The molecule has 0 aliphatic heterocycles. The van der Waals surface area contributed by atoms with Crippen LogP contribution in [0.3, 0.4) is 0 Å². The third kappa shape index (κ3) is 1.37. The van der Waals surface area contributed by atoms with E-state index < -0.39 is 6.67 Å². The summed E-state index contributed by atoms with van der Waals surface area (Å²) in [6.45, 7) is -0.519. The monoisotopic (exact) mass is 140 g/mol. The van der Waals surface area contributed by atoms with E-state index in [4.69, 9.17) is 11.5 Å². The minimum atomic E-state index is -0.519. The van der Waals surface area contributed by atoms with Crippen LogP contribution in [0.4, 0.5) is 15.8 Å². The molecule has 0 saturated heterocycles. The van der Waals surface area contributed by atoms with Gasteiger partial charge >= 0.3 is 0 Å². The fourth-order valence-corrected chi connectivity index (χ4v) is 0.823. The van der Waals surface area contributed by atoms with Gasteiger partial charge in [-0.2, -0.15) is 0 Å². The molecular weight excluding hydrogens is 131 g/mol. The van der Waals surface area contributed by atoms with Crippen LogP contribution in [0, 0.1) is 0 Å². The Balaban J connectivity index is 3.06. The molecule has 0 aromatic heterocycles. The van der Waals surface area contributed by atoms with E-state index in [0.29, 0.717) is 16.9 Å². The van der Waals surface area contributed by atoms with Crippen molar-refractivity contribution in [3.8, 4) is 0 Å². The minimum absolute atomic E-state index is 0.507. The molecule has 10 heavy (non-hydrogen) atoms. The van der Waals surface area contributed by atoms with Crippen molar-refractivity contribution in [2.75, 3.05) is 11.5 Å². The zero-order valence-corrected chi connectivity index (χ0v) is 5.47. The highest BCUT2D eigenvalue weighted by Gasteiger charge is 1.93. The topological polar surface area (TPSA) is 52.0 Å². The molecule has 4 N–H and O–H groups in total. The first-order chi connectivity index (χ1) is 4.72. The summed E-state index contributed by atoms with van der Waals surface area (Å²) in [7, 11) is 0. The van der Waals surface area contributed by atoms with E-state index in [-0.39, 0.29) is 0 Å². The molecule has 0 fully saturated rings. The number of anilines is 2. The molecule has 0 bridgehead atoms. The maximum atomic E-state index is 12.0. The first kappa shape index (κ1) is 6.86. The van der Waals surface area contributed by atoms with Gasteiger partial charge in [0.05, 0.1) is 0 Å². The van der Waals surface area contributed by atoms with Crippen molar-refractivity contribution in [2.45, 2.75) is 6.67 Å². The summed E-state index contributed by atoms with van der Waals surface area (Å²) >= 11 is 0. The summed E-state index contributed by atoms with van der Waals surface area (Å²) in [5.74, 6) is 0. The molecule has 1 rings (SSSR count). The van der Waals surface area contributed by atoms with Crippen LogP contribution in [0.25, 0.3) is 0 Å². The van der Waals surface area contributed by atoms with Crippen molar-refractivity contribution in [2.24, 2.45) is 0 Å². The SMILES string of the molecule is Nc1cc(N)cc(CF)c1. The molecule has 0 spiro atoms. The lowest BCUT2D eigenvalue weighted by atomic mass is 10.2. The Bertz CT molecular complexity index is 215. The molecule has 3 heteroatoms. The Hall–Kier alpha value is -1.25. The summed E-state index contributed by atoms with van der Waals surface area (Å²) in [6, 6.07) is 4.73. The second-order valence-electron chi connectivity index (χ2n) is 2.14. The highest BCUT2D eigenvalue weighted by Crippen LogP contribution is 2.13. The van der Waals surface area contributed by atoms with Gasteiger partial charge in [0.2, 0.25) is 0 Å². The Morgan fingerprint density at radius 3 is 2.00 bits per heavy atom. The van der Waals surface area contributed by atoms with E-state index in [1.807, 2.05) is 0 Å². The van der Waals surface area contributed by atoms with E-state index in [2.05, 4.69) is 0 Å². The molecule has 0 unspecified atom stereocenters. The molecule has 0 aliphatic rings. The summed E-state index contributed by atoms with van der Waals surface area (Å²) in [6.07, 6.45) is 0. The summed E-state index contributed by atoms with van der Waals surface area (Å²) in [5, 5.41) is 0. The predicted octanol–water partition coefficient (Wildman–Crippen LogP) is 1.32. The highest BCUT2D eigenvalue weighted by molar-refractivity contribution is 5.54. The lowest BCUT2D eigenvalue weighted by Gasteiger charge is -1.98. The lowest BCUT2D eigenvalue weighted by Crippen LogP contribution is -1.91. The van der Waals surface area contributed by atoms with E-state index in [1.54, 1.807) is 18.2 Å². The molecule has 0 saturated carbocycles. The lowest BCUT2D eigenvalue weighted by molar-refractivity contribution is 0.485. The van der Waals surface area contributed by atoms with Crippen molar-refractivity contribution in [3.63, 3.8) is 0 Å². The molecular formula is C7H9FN2. The Kier molecular flexibility index (Phi) is 1.76. The van der Waals surface area contributed by atoms with Gasteiger partial charge in [0.15, 0.2) is 0 Å². The Morgan fingerprint density at radius 2 is 1.60 bits per heavy atom. The first-order valence-electron chi connectivity index (χ1n) is 2.93. The second kappa shape index (κ2) is 2.56. The van der Waals surface area contributed by atoms with Crippen molar-refractivity contribution >= 4 is 11.4 Å². The van der Waals surface area contributed by atoms with Gasteiger partial charge in [-0.05, 0) is 23.8 Å². The molecule has 0 heterocycles. The molecule has 0 radical (unpaired) electrons. The summed E-state index contributed by atoms with van der Waals surface area (Å²) < 4.78 is 12.0. The summed E-state index contributed by atoms with van der Waals surface area (Å²) in [4.78, 5) is 0. The number of hydrogen-bond acceptors (Lipinski definition) is 2. The van der Waals surface area contributed by atoms with Gasteiger partial charge in [0.1, 0.15) is 6.67 Å². The van der Waals surface area contributed by atoms with Crippen LogP contribution >= 0.6 is 0 Å². The van der Waals surface area contributed by atoms with Crippen LogP contribution < -0.4 is 11.5 Å². The fourth-order valence-electron chi connectivity index (χ4n) is 0.823. The largest absolute Gasteiger partial charge is 0.399 e. The number of rotatable bonds is 1. The molecule has 0 aliphatic carbocycles. The van der Waals surface area contributed by atoms with E-state index in [0.717, 1.165) is 0 Å².